The summed E-state index contributed by atoms with van der Waals surface area (Å²) < 4.78 is 39.9. The zero-order valence-corrected chi connectivity index (χ0v) is 12.7. The molecular weight excluding hydrogens is 305 g/mol. The van der Waals surface area contributed by atoms with E-state index < -0.39 is 12.1 Å². The minimum absolute atomic E-state index is 0.0849. The third-order valence-electron chi connectivity index (χ3n) is 4.72. The number of carbonyl (C=O) groups excluding carboxylic acids is 1. The Morgan fingerprint density at radius 2 is 1.96 bits per heavy atom. The summed E-state index contributed by atoms with van der Waals surface area (Å²) in [6.45, 7) is 0. The summed E-state index contributed by atoms with van der Waals surface area (Å²) in [4.78, 5) is 16.4. The molecule has 2 aromatic heterocycles. The highest BCUT2D eigenvalue weighted by atomic mass is 19.4. The van der Waals surface area contributed by atoms with Crippen molar-refractivity contribution >= 4 is 11.4 Å². The number of imidazole rings is 1. The lowest BCUT2D eigenvalue weighted by Crippen LogP contribution is -2.28. The first-order valence-electron chi connectivity index (χ1n) is 7.93. The first-order chi connectivity index (χ1) is 10.9. The molecule has 1 saturated carbocycles. The Morgan fingerprint density at radius 1 is 1.22 bits per heavy atom. The maximum atomic E-state index is 12.7. The van der Waals surface area contributed by atoms with Gasteiger partial charge in [0.15, 0.2) is 0 Å². The van der Waals surface area contributed by atoms with E-state index in [0.29, 0.717) is 25.7 Å². The second kappa shape index (κ2) is 6.34. The first kappa shape index (κ1) is 16.0. The number of hydrogen-bond acceptors (Lipinski definition) is 2. The van der Waals surface area contributed by atoms with Gasteiger partial charge in [-0.25, -0.2) is 4.98 Å². The number of halogens is 3. The topological polar surface area (TPSA) is 34.4 Å². The van der Waals surface area contributed by atoms with Gasteiger partial charge >= 0.3 is 6.18 Å². The van der Waals surface area contributed by atoms with Gasteiger partial charge in [0.2, 0.25) is 0 Å². The molecule has 3 nitrogen and oxygen atoms in total. The Balaban J connectivity index is 1.55. The number of Topliss-reactive ketones (excluding diaryl/α,β-unsaturated/α-hetero) is 1. The molecule has 124 valence electrons. The Labute approximate surface area is 132 Å². The second-order valence-electron chi connectivity index (χ2n) is 6.35. The Hall–Kier alpha value is -1.85. The van der Waals surface area contributed by atoms with Crippen LogP contribution in [0, 0.1) is 11.8 Å². The summed E-state index contributed by atoms with van der Waals surface area (Å²) in [7, 11) is 0. The van der Waals surface area contributed by atoms with Crippen LogP contribution in [0.1, 0.15) is 37.8 Å². The molecule has 3 rings (SSSR count). The van der Waals surface area contributed by atoms with Gasteiger partial charge in [0, 0.05) is 30.9 Å². The van der Waals surface area contributed by atoms with Crippen LogP contribution < -0.4 is 0 Å². The highest BCUT2D eigenvalue weighted by Gasteiger charge is 2.41. The van der Waals surface area contributed by atoms with Gasteiger partial charge < -0.3 is 4.40 Å². The SMILES string of the molecule is O=C(Cc1cccc2nccn12)CC1CCC(C(F)(F)F)CC1. The molecule has 0 aromatic carbocycles. The number of aromatic nitrogens is 2. The maximum Gasteiger partial charge on any atom is 0.391 e. The highest BCUT2D eigenvalue weighted by molar-refractivity contribution is 5.80. The summed E-state index contributed by atoms with van der Waals surface area (Å²) >= 11 is 0. The molecule has 0 radical (unpaired) electrons. The summed E-state index contributed by atoms with van der Waals surface area (Å²) in [6.07, 6.45) is 1.36. The van der Waals surface area contributed by atoms with E-state index in [0.717, 1.165) is 11.3 Å². The van der Waals surface area contributed by atoms with Gasteiger partial charge in [-0.1, -0.05) is 6.07 Å². The van der Waals surface area contributed by atoms with Crippen LogP contribution in [-0.2, 0) is 11.2 Å². The number of hydrogen-bond donors (Lipinski definition) is 0. The molecule has 0 amide bonds. The van der Waals surface area contributed by atoms with Crippen LogP contribution >= 0.6 is 0 Å². The Kier molecular flexibility index (Phi) is 4.41. The summed E-state index contributed by atoms with van der Waals surface area (Å²) in [5.41, 5.74) is 1.66. The van der Waals surface area contributed by atoms with Crippen molar-refractivity contribution in [1.29, 1.82) is 0 Å². The van der Waals surface area contributed by atoms with Gasteiger partial charge in [0.1, 0.15) is 11.4 Å². The van der Waals surface area contributed by atoms with Crippen LogP contribution in [0.25, 0.3) is 5.65 Å². The number of alkyl halides is 3. The van der Waals surface area contributed by atoms with E-state index in [1.54, 1.807) is 6.20 Å². The smallest absolute Gasteiger partial charge is 0.304 e. The van der Waals surface area contributed by atoms with Crippen molar-refractivity contribution in [2.75, 3.05) is 0 Å². The molecule has 0 bridgehead atoms. The van der Waals surface area contributed by atoms with E-state index in [2.05, 4.69) is 4.98 Å². The highest BCUT2D eigenvalue weighted by Crippen LogP contribution is 2.40. The number of nitrogens with zero attached hydrogens (tertiary/aromatic N) is 2. The van der Waals surface area contributed by atoms with Crippen molar-refractivity contribution in [3.8, 4) is 0 Å². The van der Waals surface area contributed by atoms with Crippen molar-refractivity contribution in [3.05, 3.63) is 36.3 Å². The van der Waals surface area contributed by atoms with E-state index in [-0.39, 0.29) is 24.5 Å². The van der Waals surface area contributed by atoms with Crippen molar-refractivity contribution in [1.82, 2.24) is 9.38 Å². The van der Waals surface area contributed by atoms with Gasteiger partial charge in [-0.2, -0.15) is 13.2 Å². The van der Waals surface area contributed by atoms with E-state index in [4.69, 9.17) is 0 Å². The molecule has 0 saturated heterocycles. The van der Waals surface area contributed by atoms with Crippen molar-refractivity contribution in [2.24, 2.45) is 11.8 Å². The number of rotatable bonds is 4. The fourth-order valence-corrected chi connectivity index (χ4v) is 3.44. The van der Waals surface area contributed by atoms with Crippen LogP contribution in [0.3, 0.4) is 0 Å². The van der Waals surface area contributed by atoms with Gasteiger partial charge in [0.25, 0.3) is 0 Å². The fourth-order valence-electron chi connectivity index (χ4n) is 3.44. The predicted octanol–water partition coefficient (Wildman–Crippen LogP) is 4.20. The number of pyridine rings is 1. The van der Waals surface area contributed by atoms with E-state index in [9.17, 15) is 18.0 Å². The van der Waals surface area contributed by atoms with Crippen molar-refractivity contribution in [2.45, 2.75) is 44.7 Å². The normalized spacial score (nSPS) is 22.4. The summed E-state index contributed by atoms with van der Waals surface area (Å²) in [5.74, 6) is -1.02. The third kappa shape index (κ3) is 3.74. The molecule has 0 atom stereocenters. The van der Waals surface area contributed by atoms with Crippen molar-refractivity contribution in [3.63, 3.8) is 0 Å². The lowest BCUT2D eigenvalue weighted by molar-refractivity contribution is -0.184. The molecule has 6 heteroatoms. The van der Waals surface area contributed by atoms with Crippen LogP contribution in [0.15, 0.2) is 30.6 Å². The third-order valence-corrected chi connectivity index (χ3v) is 4.72. The molecule has 2 heterocycles. The minimum atomic E-state index is -4.09. The zero-order valence-electron chi connectivity index (χ0n) is 12.7. The van der Waals surface area contributed by atoms with Gasteiger partial charge in [-0.05, 0) is 43.7 Å². The van der Waals surface area contributed by atoms with Gasteiger partial charge in [0.05, 0.1) is 5.92 Å². The average molecular weight is 324 g/mol. The predicted molar refractivity (Wildman–Crippen MR) is 80.0 cm³/mol. The zero-order chi connectivity index (χ0) is 16.4. The second-order valence-corrected chi connectivity index (χ2v) is 6.35. The lowest BCUT2D eigenvalue weighted by Gasteiger charge is -2.29. The molecule has 23 heavy (non-hydrogen) atoms. The Bertz CT molecular complexity index is 684. The molecule has 0 N–H and O–H groups in total. The summed E-state index contributed by atoms with van der Waals surface area (Å²) in [6, 6.07) is 5.61. The van der Waals surface area contributed by atoms with Crippen LogP contribution in [-0.4, -0.2) is 21.3 Å². The molecular formula is C17H19F3N2O. The maximum absolute atomic E-state index is 12.7. The van der Waals surface area contributed by atoms with E-state index >= 15 is 0 Å². The monoisotopic (exact) mass is 324 g/mol. The molecule has 2 aromatic rings. The average Bonchev–Trinajstić information content (AvgIpc) is 2.96. The lowest BCUT2D eigenvalue weighted by atomic mass is 9.79. The minimum Gasteiger partial charge on any atom is -0.304 e. The van der Waals surface area contributed by atoms with Gasteiger partial charge in [-0.3, -0.25) is 4.79 Å². The molecule has 1 fully saturated rings. The molecule has 1 aliphatic rings. The summed E-state index contributed by atoms with van der Waals surface area (Å²) in [5, 5.41) is 0. The van der Waals surface area contributed by atoms with Crippen molar-refractivity contribution < 1.29 is 18.0 Å². The number of carbonyl (C=O) groups is 1. The quantitative estimate of drug-likeness (QED) is 0.844. The molecule has 0 spiro atoms. The van der Waals surface area contributed by atoms with Crippen LogP contribution in [0.2, 0.25) is 0 Å². The van der Waals surface area contributed by atoms with E-state index in [1.165, 1.54) is 0 Å². The standard InChI is InChI=1S/C17H19F3N2O/c18-17(19,20)13-6-4-12(5-7-13)10-15(23)11-14-2-1-3-16-21-8-9-22(14)16/h1-3,8-9,12-13H,4-7,10-11H2. The Morgan fingerprint density at radius 3 is 2.65 bits per heavy atom. The van der Waals surface area contributed by atoms with E-state index in [1.807, 2.05) is 28.8 Å². The largest absolute Gasteiger partial charge is 0.391 e. The van der Waals surface area contributed by atoms with Gasteiger partial charge in [-0.15, -0.1) is 0 Å². The fraction of sp³-hybridized carbons (Fsp3) is 0.529. The molecule has 0 unspecified atom stereocenters. The number of fused-ring (bicyclic) bond motifs is 1. The molecule has 1 aliphatic carbocycles. The first-order valence-corrected chi connectivity index (χ1v) is 7.93. The van der Waals surface area contributed by atoms with Crippen LogP contribution in [0.4, 0.5) is 13.2 Å². The molecule has 0 aliphatic heterocycles. The van der Waals surface area contributed by atoms with Crippen LogP contribution in [0.5, 0.6) is 0 Å². The number of ketones is 1.